The van der Waals surface area contributed by atoms with Gasteiger partial charge in [0.2, 0.25) is 5.91 Å². The number of amides is 1. The minimum atomic E-state index is -0.549. The van der Waals surface area contributed by atoms with E-state index in [4.69, 9.17) is 9.47 Å². The minimum Gasteiger partial charge on any atom is -0.460 e. The second kappa shape index (κ2) is 12.4. The van der Waals surface area contributed by atoms with Crippen LogP contribution in [0.3, 0.4) is 0 Å². The van der Waals surface area contributed by atoms with E-state index < -0.39 is 6.04 Å². The van der Waals surface area contributed by atoms with Crippen LogP contribution in [0.15, 0.2) is 60.7 Å². The molecule has 1 unspecified atom stereocenters. The molecule has 1 saturated heterocycles. The summed E-state index contributed by atoms with van der Waals surface area (Å²) in [7, 11) is 0. The second-order valence-electron chi connectivity index (χ2n) is 7.07. The van der Waals surface area contributed by atoms with E-state index >= 15 is 0 Å². The van der Waals surface area contributed by atoms with Gasteiger partial charge in [0.15, 0.2) is 0 Å². The molecule has 0 saturated carbocycles. The number of morpholine rings is 1. The molecule has 1 N–H and O–H groups in total. The quantitative estimate of drug-likeness (QED) is 0.463. The van der Waals surface area contributed by atoms with E-state index in [1.165, 1.54) is 11.9 Å². The van der Waals surface area contributed by atoms with Crippen molar-refractivity contribution in [3.05, 3.63) is 71.8 Å². The molecule has 1 fully saturated rings. The van der Waals surface area contributed by atoms with Crippen molar-refractivity contribution in [1.29, 1.82) is 0 Å². The molecule has 7 heteroatoms. The zero-order valence-electron chi connectivity index (χ0n) is 17.0. The molecule has 0 spiro atoms. The molecular weight excluding hydrogens is 400 g/mol. The lowest BCUT2D eigenvalue weighted by Crippen LogP contribution is -2.42. The van der Waals surface area contributed by atoms with E-state index in [-0.39, 0.29) is 18.5 Å². The third-order valence-electron chi connectivity index (χ3n) is 4.83. The van der Waals surface area contributed by atoms with E-state index in [0.717, 1.165) is 16.9 Å². The molecule has 1 heterocycles. The van der Waals surface area contributed by atoms with Crippen molar-refractivity contribution >= 4 is 23.8 Å². The summed E-state index contributed by atoms with van der Waals surface area (Å²) in [5.41, 5.74) is 2.10. The van der Waals surface area contributed by atoms with Crippen molar-refractivity contribution < 1.29 is 19.1 Å². The predicted octanol–water partition coefficient (Wildman–Crippen LogP) is 3.18. The highest BCUT2D eigenvalue weighted by Gasteiger charge is 2.24. The predicted molar refractivity (Wildman–Crippen MR) is 118 cm³/mol. The van der Waals surface area contributed by atoms with Gasteiger partial charge in [0.1, 0.15) is 12.6 Å². The van der Waals surface area contributed by atoms with Crippen LogP contribution in [-0.4, -0.2) is 49.1 Å². The lowest BCUT2D eigenvalue weighted by Gasteiger charge is -2.27. The second-order valence-corrected chi connectivity index (χ2v) is 7.88. The average molecular weight is 429 g/mol. The van der Waals surface area contributed by atoms with Crippen LogP contribution in [0.4, 0.5) is 0 Å². The number of nitrogens with zero attached hydrogens (tertiary/aromatic N) is 1. The Bertz CT molecular complexity index is 782. The standard InChI is InChI=1S/C23H28N2O4S/c26-22(25-13-15-28-16-14-25)12-11-21(24-30-18-20-9-5-2-6-10-20)23(27)29-17-19-7-3-1-4-8-19/h1-10,21,24H,11-18H2. The number of carbonyl (C=O) groups excluding carboxylic acids is 2. The van der Waals surface area contributed by atoms with Crippen LogP contribution in [0.25, 0.3) is 0 Å². The van der Waals surface area contributed by atoms with Crippen LogP contribution in [0.5, 0.6) is 0 Å². The summed E-state index contributed by atoms with van der Waals surface area (Å²) in [5.74, 6) is 0.434. The number of benzene rings is 2. The van der Waals surface area contributed by atoms with Gasteiger partial charge < -0.3 is 14.4 Å². The van der Waals surface area contributed by atoms with Crippen molar-refractivity contribution in [2.75, 3.05) is 26.3 Å². The van der Waals surface area contributed by atoms with Gasteiger partial charge in [-0.3, -0.25) is 9.59 Å². The number of esters is 1. The monoisotopic (exact) mass is 428 g/mol. The summed E-state index contributed by atoms with van der Waals surface area (Å²) in [6.07, 6.45) is 0.690. The Balaban J connectivity index is 1.52. The van der Waals surface area contributed by atoms with Crippen LogP contribution in [-0.2, 0) is 31.4 Å². The summed E-state index contributed by atoms with van der Waals surface area (Å²) in [5, 5.41) is 0. The van der Waals surface area contributed by atoms with E-state index in [0.29, 0.717) is 39.1 Å². The molecule has 0 radical (unpaired) electrons. The van der Waals surface area contributed by atoms with Gasteiger partial charge in [-0.05, 0) is 17.5 Å². The molecule has 0 bridgehead atoms. The number of hydrogen-bond donors (Lipinski definition) is 1. The van der Waals surface area contributed by atoms with Crippen LogP contribution < -0.4 is 4.72 Å². The van der Waals surface area contributed by atoms with Crippen LogP contribution in [0.2, 0.25) is 0 Å². The molecule has 0 aromatic heterocycles. The number of hydrogen-bond acceptors (Lipinski definition) is 6. The molecule has 6 nitrogen and oxygen atoms in total. The SMILES string of the molecule is O=C(OCc1ccccc1)C(CCC(=O)N1CCOCC1)NSCc1ccccc1. The first kappa shape index (κ1) is 22.3. The first-order valence-corrected chi connectivity index (χ1v) is 11.2. The van der Waals surface area contributed by atoms with Gasteiger partial charge in [0, 0.05) is 25.3 Å². The molecule has 160 valence electrons. The summed E-state index contributed by atoms with van der Waals surface area (Å²) in [6.45, 7) is 2.58. The van der Waals surface area contributed by atoms with Gasteiger partial charge in [0.25, 0.3) is 0 Å². The van der Waals surface area contributed by atoms with Gasteiger partial charge in [-0.1, -0.05) is 72.6 Å². The Morgan fingerprint density at radius 3 is 2.30 bits per heavy atom. The summed E-state index contributed by atoms with van der Waals surface area (Å²) < 4.78 is 14.0. The van der Waals surface area contributed by atoms with E-state index in [1.54, 1.807) is 4.90 Å². The molecule has 1 atom stereocenters. The third-order valence-corrected chi connectivity index (χ3v) is 5.76. The van der Waals surface area contributed by atoms with Gasteiger partial charge in [-0.2, -0.15) is 0 Å². The first-order chi connectivity index (χ1) is 14.7. The zero-order chi connectivity index (χ0) is 21.0. The topological polar surface area (TPSA) is 67.9 Å². The minimum absolute atomic E-state index is 0.0500. The Morgan fingerprint density at radius 1 is 1.00 bits per heavy atom. The van der Waals surface area contributed by atoms with Crippen LogP contribution >= 0.6 is 11.9 Å². The summed E-state index contributed by atoms with van der Waals surface area (Å²) in [6, 6.07) is 19.1. The lowest BCUT2D eigenvalue weighted by atomic mass is 10.1. The molecule has 2 aromatic carbocycles. The molecule has 1 aliphatic rings. The Labute approximate surface area is 182 Å². The first-order valence-electron chi connectivity index (χ1n) is 10.2. The molecule has 2 aromatic rings. The van der Waals surface area contributed by atoms with Crippen molar-refractivity contribution in [2.45, 2.75) is 31.2 Å². The highest BCUT2D eigenvalue weighted by molar-refractivity contribution is 7.96. The fraction of sp³-hybridized carbons (Fsp3) is 0.391. The smallest absolute Gasteiger partial charge is 0.324 e. The molecular formula is C23H28N2O4S. The zero-order valence-corrected chi connectivity index (χ0v) is 17.8. The maximum absolute atomic E-state index is 12.7. The fourth-order valence-electron chi connectivity index (χ4n) is 3.09. The van der Waals surface area contributed by atoms with Gasteiger partial charge in [-0.25, -0.2) is 4.72 Å². The third kappa shape index (κ3) is 7.48. The number of carbonyl (C=O) groups is 2. The molecule has 0 aliphatic carbocycles. The molecule has 3 rings (SSSR count). The summed E-state index contributed by atoms with van der Waals surface area (Å²) in [4.78, 5) is 27.0. The van der Waals surface area contributed by atoms with Gasteiger partial charge in [0.05, 0.1) is 13.2 Å². The Kier molecular flexibility index (Phi) is 9.21. The largest absolute Gasteiger partial charge is 0.460 e. The van der Waals surface area contributed by atoms with Gasteiger partial charge >= 0.3 is 5.97 Å². The average Bonchev–Trinajstić information content (AvgIpc) is 2.81. The highest BCUT2D eigenvalue weighted by Crippen LogP contribution is 2.14. The Morgan fingerprint density at radius 2 is 1.63 bits per heavy atom. The molecule has 30 heavy (non-hydrogen) atoms. The van der Waals surface area contributed by atoms with Crippen LogP contribution in [0, 0.1) is 0 Å². The van der Waals surface area contributed by atoms with Crippen LogP contribution in [0.1, 0.15) is 24.0 Å². The van der Waals surface area contributed by atoms with Crippen molar-refractivity contribution in [1.82, 2.24) is 9.62 Å². The van der Waals surface area contributed by atoms with Crippen molar-refractivity contribution in [3.63, 3.8) is 0 Å². The normalized spacial score (nSPS) is 14.9. The maximum Gasteiger partial charge on any atom is 0.324 e. The summed E-state index contributed by atoms with van der Waals surface area (Å²) >= 11 is 1.46. The van der Waals surface area contributed by atoms with Crippen molar-refractivity contribution in [3.8, 4) is 0 Å². The maximum atomic E-state index is 12.7. The van der Waals surface area contributed by atoms with E-state index in [9.17, 15) is 9.59 Å². The highest BCUT2D eigenvalue weighted by atomic mass is 32.2. The molecule has 1 aliphatic heterocycles. The molecule has 1 amide bonds. The lowest BCUT2D eigenvalue weighted by molar-refractivity contribution is -0.147. The van der Waals surface area contributed by atoms with E-state index in [1.807, 2.05) is 60.7 Å². The van der Waals surface area contributed by atoms with Gasteiger partial charge in [-0.15, -0.1) is 0 Å². The van der Waals surface area contributed by atoms with E-state index in [2.05, 4.69) is 4.72 Å². The number of nitrogens with one attached hydrogen (secondary N) is 1. The van der Waals surface area contributed by atoms with Crippen molar-refractivity contribution in [2.24, 2.45) is 0 Å². The number of rotatable bonds is 10. The Hall–Kier alpha value is -2.35. The fourth-order valence-corrected chi connectivity index (χ4v) is 3.95. The number of ether oxygens (including phenoxy) is 2.